The van der Waals surface area contributed by atoms with Gasteiger partial charge in [-0.15, -0.1) is 0 Å². The van der Waals surface area contributed by atoms with E-state index in [4.69, 9.17) is 30.5 Å². The molecule has 0 radical (unpaired) electrons. The van der Waals surface area contributed by atoms with E-state index in [9.17, 15) is 9.59 Å². The SMILES string of the molecule is COc1ccc(N=NC(C(C)=O)C(=O)Nc2cc(OC)c(Cl)cc2OC)c(OC)c1. The van der Waals surface area contributed by atoms with E-state index in [-0.39, 0.29) is 5.69 Å². The van der Waals surface area contributed by atoms with Crippen molar-refractivity contribution >= 4 is 34.7 Å². The fraction of sp³-hybridized carbons (Fsp3) is 0.300. The predicted molar refractivity (Wildman–Crippen MR) is 112 cm³/mol. The van der Waals surface area contributed by atoms with Crippen molar-refractivity contribution in [3.63, 3.8) is 0 Å². The number of amides is 1. The summed E-state index contributed by atoms with van der Waals surface area (Å²) < 4.78 is 20.7. The minimum atomic E-state index is -1.39. The molecule has 30 heavy (non-hydrogen) atoms. The number of hydrogen-bond donors (Lipinski definition) is 1. The third-order valence-electron chi connectivity index (χ3n) is 4.03. The van der Waals surface area contributed by atoms with Gasteiger partial charge >= 0.3 is 0 Å². The lowest BCUT2D eigenvalue weighted by atomic mass is 10.2. The Morgan fingerprint density at radius 2 is 1.60 bits per heavy atom. The van der Waals surface area contributed by atoms with Crippen molar-refractivity contribution in [2.24, 2.45) is 10.2 Å². The highest BCUT2D eigenvalue weighted by Crippen LogP contribution is 2.36. The number of nitrogens with zero attached hydrogens (tertiary/aromatic N) is 2. The van der Waals surface area contributed by atoms with Crippen LogP contribution >= 0.6 is 11.6 Å². The van der Waals surface area contributed by atoms with Crippen LogP contribution in [0.15, 0.2) is 40.6 Å². The molecule has 0 heterocycles. The lowest BCUT2D eigenvalue weighted by molar-refractivity contribution is -0.126. The summed E-state index contributed by atoms with van der Waals surface area (Å²) in [5.41, 5.74) is 0.607. The maximum Gasteiger partial charge on any atom is 0.258 e. The molecular formula is C20H22ClN3O6. The molecule has 10 heteroatoms. The van der Waals surface area contributed by atoms with Crippen LogP contribution in [-0.4, -0.2) is 46.2 Å². The Kier molecular flexibility index (Phi) is 7.99. The van der Waals surface area contributed by atoms with Gasteiger partial charge in [0.05, 0.1) is 39.1 Å². The van der Waals surface area contributed by atoms with Crippen molar-refractivity contribution in [1.29, 1.82) is 0 Å². The molecule has 0 aliphatic carbocycles. The van der Waals surface area contributed by atoms with E-state index < -0.39 is 17.7 Å². The molecule has 0 spiro atoms. The average molecular weight is 436 g/mol. The summed E-state index contributed by atoms with van der Waals surface area (Å²) in [4.78, 5) is 24.8. The van der Waals surface area contributed by atoms with Crippen molar-refractivity contribution in [2.75, 3.05) is 33.8 Å². The standard InChI is InChI=1S/C20H22ClN3O6/c1-11(25)19(24-23-14-7-6-12(27-2)8-17(14)29-4)20(26)22-15-10-16(28-3)13(21)9-18(15)30-5/h6-10,19H,1-5H3,(H,22,26). The Morgan fingerprint density at radius 1 is 0.933 bits per heavy atom. The lowest BCUT2D eigenvalue weighted by Gasteiger charge is -2.14. The van der Waals surface area contributed by atoms with Gasteiger partial charge in [0.25, 0.3) is 5.91 Å². The first-order valence-electron chi connectivity index (χ1n) is 8.70. The minimum Gasteiger partial charge on any atom is -0.497 e. The number of Topliss-reactive ketones (excluding diaryl/α,β-unsaturated/α-hetero) is 1. The average Bonchev–Trinajstić information content (AvgIpc) is 2.74. The number of ketones is 1. The molecule has 2 rings (SSSR count). The van der Waals surface area contributed by atoms with Crippen LogP contribution in [0, 0.1) is 0 Å². The Balaban J connectivity index is 2.30. The van der Waals surface area contributed by atoms with Crippen LogP contribution in [-0.2, 0) is 9.59 Å². The zero-order valence-electron chi connectivity index (χ0n) is 17.2. The van der Waals surface area contributed by atoms with E-state index in [0.717, 1.165) is 0 Å². The van der Waals surface area contributed by atoms with Crippen LogP contribution in [0.5, 0.6) is 23.0 Å². The molecule has 0 aliphatic heterocycles. The van der Waals surface area contributed by atoms with Crippen LogP contribution in [0.2, 0.25) is 5.02 Å². The third-order valence-corrected chi connectivity index (χ3v) is 4.33. The van der Waals surface area contributed by atoms with Crippen molar-refractivity contribution < 1.29 is 28.5 Å². The zero-order valence-corrected chi connectivity index (χ0v) is 17.9. The molecule has 0 aromatic heterocycles. The lowest BCUT2D eigenvalue weighted by Crippen LogP contribution is -2.32. The molecule has 0 bridgehead atoms. The molecular weight excluding hydrogens is 414 g/mol. The summed E-state index contributed by atoms with van der Waals surface area (Å²) in [5.74, 6) is 0.382. The molecule has 0 saturated carbocycles. The van der Waals surface area contributed by atoms with Gasteiger partial charge in [-0.05, 0) is 19.1 Å². The van der Waals surface area contributed by atoms with Crippen molar-refractivity contribution in [1.82, 2.24) is 0 Å². The first kappa shape index (κ1) is 23.0. The van der Waals surface area contributed by atoms with E-state index >= 15 is 0 Å². The molecule has 0 fully saturated rings. The molecule has 2 aromatic carbocycles. The number of hydrogen-bond acceptors (Lipinski definition) is 8. The highest BCUT2D eigenvalue weighted by atomic mass is 35.5. The highest BCUT2D eigenvalue weighted by molar-refractivity contribution is 6.32. The number of halogens is 1. The van der Waals surface area contributed by atoms with Crippen LogP contribution in [0.3, 0.4) is 0 Å². The maximum atomic E-state index is 12.7. The van der Waals surface area contributed by atoms with E-state index in [1.165, 1.54) is 47.5 Å². The fourth-order valence-electron chi connectivity index (χ4n) is 2.47. The second-order valence-electron chi connectivity index (χ2n) is 5.94. The Bertz CT molecular complexity index is 964. The van der Waals surface area contributed by atoms with Gasteiger partial charge in [-0.3, -0.25) is 9.59 Å². The summed E-state index contributed by atoms with van der Waals surface area (Å²) in [6.45, 7) is 1.24. The van der Waals surface area contributed by atoms with Gasteiger partial charge in [-0.1, -0.05) is 11.6 Å². The topological polar surface area (TPSA) is 108 Å². The van der Waals surface area contributed by atoms with E-state index in [0.29, 0.717) is 33.7 Å². The summed E-state index contributed by atoms with van der Waals surface area (Å²) in [5, 5.41) is 10.8. The zero-order chi connectivity index (χ0) is 22.3. The molecule has 1 atom stereocenters. The summed E-state index contributed by atoms with van der Waals surface area (Å²) >= 11 is 6.07. The van der Waals surface area contributed by atoms with Crippen molar-refractivity contribution in [3.8, 4) is 23.0 Å². The number of ether oxygens (including phenoxy) is 4. The van der Waals surface area contributed by atoms with E-state index in [1.54, 1.807) is 18.2 Å². The molecule has 1 amide bonds. The van der Waals surface area contributed by atoms with Gasteiger partial charge in [0.1, 0.15) is 28.7 Å². The van der Waals surface area contributed by atoms with Gasteiger partial charge in [0, 0.05) is 18.2 Å². The summed E-state index contributed by atoms with van der Waals surface area (Å²) in [6.07, 6.45) is 0. The van der Waals surface area contributed by atoms with E-state index in [2.05, 4.69) is 15.5 Å². The Morgan fingerprint density at radius 3 is 2.17 bits per heavy atom. The number of carbonyl (C=O) groups is 2. The first-order chi connectivity index (χ1) is 14.3. The Hall–Kier alpha value is -3.33. The van der Waals surface area contributed by atoms with E-state index in [1.807, 2.05) is 0 Å². The van der Waals surface area contributed by atoms with Crippen molar-refractivity contribution in [2.45, 2.75) is 13.0 Å². The van der Waals surface area contributed by atoms with Gasteiger partial charge in [-0.25, -0.2) is 0 Å². The molecule has 2 aromatic rings. The van der Waals surface area contributed by atoms with Crippen LogP contribution in [0.1, 0.15) is 6.92 Å². The molecule has 0 saturated heterocycles. The second-order valence-corrected chi connectivity index (χ2v) is 6.35. The summed E-state index contributed by atoms with van der Waals surface area (Å²) in [7, 11) is 5.84. The van der Waals surface area contributed by atoms with Crippen LogP contribution in [0.25, 0.3) is 0 Å². The number of benzene rings is 2. The minimum absolute atomic E-state index is 0.271. The number of rotatable bonds is 9. The summed E-state index contributed by atoms with van der Waals surface area (Å²) in [6, 6.07) is 6.46. The molecule has 160 valence electrons. The second kappa shape index (κ2) is 10.4. The number of nitrogens with one attached hydrogen (secondary N) is 1. The molecule has 1 N–H and O–H groups in total. The van der Waals surface area contributed by atoms with Gasteiger partial charge in [0.2, 0.25) is 6.04 Å². The quantitative estimate of drug-likeness (QED) is 0.470. The molecule has 1 unspecified atom stereocenters. The largest absolute Gasteiger partial charge is 0.497 e. The number of anilines is 1. The number of carbonyl (C=O) groups excluding carboxylic acids is 2. The number of azo groups is 1. The number of methoxy groups -OCH3 is 4. The highest BCUT2D eigenvalue weighted by Gasteiger charge is 2.25. The third kappa shape index (κ3) is 5.38. The molecule has 0 aliphatic rings. The van der Waals surface area contributed by atoms with Gasteiger partial charge in [-0.2, -0.15) is 10.2 Å². The van der Waals surface area contributed by atoms with Crippen LogP contribution in [0.4, 0.5) is 11.4 Å². The fourth-order valence-corrected chi connectivity index (χ4v) is 2.70. The first-order valence-corrected chi connectivity index (χ1v) is 9.08. The normalized spacial score (nSPS) is 11.7. The smallest absolute Gasteiger partial charge is 0.258 e. The Labute approximate surface area is 178 Å². The monoisotopic (exact) mass is 435 g/mol. The van der Waals surface area contributed by atoms with Crippen LogP contribution < -0.4 is 24.3 Å². The van der Waals surface area contributed by atoms with Gasteiger partial charge in [0.15, 0.2) is 5.78 Å². The molecule has 9 nitrogen and oxygen atoms in total. The van der Waals surface area contributed by atoms with Crippen molar-refractivity contribution in [3.05, 3.63) is 35.4 Å². The predicted octanol–water partition coefficient (Wildman–Crippen LogP) is 4.05. The maximum absolute atomic E-state index is 12.7. The van der Waals surface area contributed by atoms with Gasteiger partial charge < -0.3 is 24.3 Å².